The highest BCUT2D eigenvalue weighted by atomic mass is 19.1. The van der Waals surface area contributed by atoms with Crippen LogP contribution in [0.1, 0.15) is 45.1 Å². The molecule has 0 aromatic heterocycles. The minimum atomic E-state index is -0.941. The summed E-state index contributed by atoms with van der Waals surface area (Å²) in [6.07, 6.45) is 2.70. The van der Waals surface area contributed by atoms with Crippen LogP contribution < -0.4 is 5.32 Å². The highest BCUT2D eigenvalue weighted by Crippen LogP contribution is 2.29. The Morgan fingerprint density at radius 2 is 1.80 bits per heavy atom. The van der Waals surface area contributed by atoms with E-state index in [9.17, 15) is 14.4 Å². The van der Waals surface area contributed by atoms with Crippen LogP contribution in [0.3, 0.4) is 0 Å². The second-order valence-corrected chi connectivity index (χ2v) is 5.00. The van der Waals surface area contributed by atoms with Crippen molar-refractivity contribution in [3.05, 3.63) is 35.6 Å². The summed E-state index contributed by atoms with van der Waals surface area (Å²) in [5.41, 5.74) is -0.122. The molecule has 1 amide bonds. The molecule has 0 spiro atoms. The molecule has 20 heavy (non-hydrogen) atoms. The standard InChI is InChI=1S/C16H21FN2O/c1-3-9-16(12-18,10-4-2)15(20)19-11-13-5-7-14(17)8-6-13/h5-8H,3-4,9-11H2,1-2H3,(H,19,20). The molecule has 1 N–H and O–H groups in total. The van der Waals surface area contributed by atoms with Crippen LogP contribution in [0.5, 0.6) is 0 Å². The molecule has 1 aromatic rings. The van der Waals surface area contributed by atoms with Crippen molar-refractivity contribution >= 4 is 5.91 Å². The van der Waals surface area contributed by atoms with Gasteiger partial charge in [0, 0.05) is 6.54 Å². The first kappa shape index (κ1) is 16.2. The van der Waals surface area contributed by atoms with Crippen LogP contribution in [-0.2, 0) is 11.3 Å². The van der Waals surface area contributed by atoms with Crippen LogP contribution in [0, 0.1) is 22.6 Å². The number of halogens is 1. The molecule has 0 bridgehead atoms. The molecule has 0 aliphatic carbocycles. The first-order valence-corrected chi connectivity index (χ1v) is 7.02. The molecular weight excluding hydrogens is 255 g/mol. The number of hydrogen-bond acceptors (Lipinski definition) is 2. The number of nitriles is 1. The van der Waals surface area contributed by atoms with Gasteiger partial charge in [0.05, 0.1) is 6.07 Å². The SMILES string of the molecule is CCCC(C#N)(CCC)C(=O)NCc1ccc(F)cc1. The maximum atomic E-state index is 12.8. The average Bonchev–Trinajstić information content (AvgIpc) is 2.46. The van der Waals surface area contributed by atoms with Crippen molar-refractivity contribution in [3.8, 4) is 6.07 Å². The Morgan fingerprint density at radius 1 is 1.25 bits per heavy atom. The lowest BCUT2D eigenvalue weighted by Crippen LogP contribution is -2.39. The normalized spacial score (nSPS) is 10.9. The molecule has 0 aliphatic rings. The van der Waals surface area contributed by atoms with E-state index in [2.05, 4.69) is 11.4 Å². The first-order chi connectivity index (χ1) is 9.57. The van der Waals surface area contributed by atoms with Gasteiger partial charge in [0.15, 0.2) is 0 Å². The number of hydrogen-bond donors (Lipinski definition) is 1. The van der Waals surface area contributed by atoms with Crippen LogP contribution in [0.25, 0.3) is 0 Å². The van der Waals surface area contributed by atoms with E-state index < -0.39 is 5.41 Å². The van der Waals surface area contributed by atoms with Gasteiger partial charge in [-0.25, -0.2) is 4.39 Å². The van der Waals surface area contributed by atoms with Gasteiger partial charge in [-0.1, -0.05) is 38.8 Å². The molecule has 108 valence electrons. The van der Waals surface area contributed by atoms with Crippen molar-refractivity contribution in [1.82, 2.24) is 5.32 Å². The van der Waals surface area contributed by atoms with E-state index in [0.717, 1.165) is 18.4 Å². The van der Waals surface area contributed by atoms with Gasteiger partial charge in [-0.2, -0.15) is 5.26 Å². The molecule has 1 aromatic carbocycles. The number of carbonyl (C=O) groups excluding carboxylic acids is 1. The molecule has 0 aliphatic heterocycles. The number of rotatable bonds is 7. The molecule has 0 saturated carbocycles. The predicted octanol–water partition coefficient (Wildman–Crippen LogP) is 3.55. The topological polar surface area (TPSA) is 52.9 Å². The van der Waals surface area contributed by atoms with Crippen molar-refractivity contribution in [2.75, 3.05) is 0 Å². The lowest BCUT2D eigenvalue weighted by Gasteiger charge is -2.24. The van der Waals surface area contributed by atoms with Crippen molar-refractivity contribution in [3.63, 3.8) is 0 Å². The minimum Gasteiger partial charge on any atom is -0.351 e. The smallest absolute Gasteiger partial charge is 0.240 e. The van der Waals surface area contributed by atoms with Crippen molar-refractivity contribution in [2.45, 2.75) is 46.1 Å². The van der Waals surface area contributed by atoms with E-state index in [1.807, 2.05) is 13.8 Å². The van der Waals surface area contributed by atoms with E-state index in [1.54, 1.807) is 12.1 Å². The van der Waals surface area contributed by atoms with Gasteiger partial charge in [0.2, 0.25) is 5.91 Å². The second-order valence-electron chi connectivity index (χ2n) is 5.00. The zero-order chi connectivity index (χ0) is 15.0. The van der Waals surface area contributed by atoms with Gasteiger partial charge in [0.25, 0.3) is 0 Å². The summed E-state index contributed by atoms with van der Waals surface area (Å²) in [4.78, 5) is 12.3. The van der Waals surface area contributed by atoms with Crippen LogP contribution >= 0.6 is 0 Å². The Morgan fingerprint density at radius 3 is 2.25 bits per heavy atom. The third-order valence-corrected chi connectivity index (χ3v) is 3.37. The van der Waals surface area contributed by atoms with E-state index >= 15 is 0 Å². The van der Waals surface area contributed by atoms with Crippen LogP contribution in [-0.4, -0.2) is 5.91 Å². The van der Waals surface area contributed by atoms with Gasteiger partial charge < -0.3 is 5.32 Å². The molecule has 0 radical (unpaired) electrons. The molecule has 0 saturated heterocycles. The molecule has 0 heterocycles. The van der Waals surface area contributed by atoms with Crippen molar-refractivity contribution in [1.29, 1.82) is 5.26 Å². The summed E-state index contributed by atoms with van der Waals surface area (Å²) in [5.74, 6) is -0.531. The van der Waals surface area contributed by atoms with Gasteiger partial charge in [-0.15, -0.1) is 0 Å². The fraction of sp³-hybridized carbons (Fsp3) is 0.500. The zero-order valence-electron chi connectivity index (χ0n) is 12.1. The summed E-state index contributed by atoms with van der Waals surface area (Å²) in [7, 11) is 0. The lowest BCUT2D eigenvalue weighted by atomic mass is 9.79. The van der Waals surface area contributed by atoms with E-state index in [4.69, 9.17) is 0 Å². The van der Waals surface area contributed by atoms with Crippen LogP contribution in [0.2, 0.25) is 0 Å². The minimum absolute atomic E-state index is 0.229. The summed E-state index contributed by atoms with van der Waals surface area (Å²) in [5, 5.41) is 12.2. The Bertz CT molecular complexity index is 470. The molecule has 0 atom stereocenters. The van der Waals surface area contributed by atoms with Gasteiger partial charge in [0.1, 0.15) is 11.2 Å². The molecule has 0 unspecified atom stereocenters. The Labute approximate surface area is 119 Å². The van der Waals surface area contributed by atoms with Crippen molar-refractivity contribution in [2.24, 2.45) is 5.41 Å². The summed E-state index contributed by atoms with van der Waals surface area (Å²) in [6.45, 7) is 4.25. The summed E-state index contributed by atoms with van der Waals surface area (Å²) < 4.78 is 12.8. The largest absolute Gasteiger partial charge is 0.351 e. The third kappa shape index (κ3) is 4.06. The summed E-state index contributed by atoms with van der Waals surface area (Å²) in [6, 6.07) is 8.16. The highest BCUT2D eigenvalue weighted by molar-refractivity contribution is 5.85. The number of nitrogens with zero attached hydrogens (tertiary/aromatic N) is 1. The molecule has 1 rings (SSSR count). The monoisotopic (exact) mass is 276 g/mol. The number of nitrogens with one attached hydrogen (secondary N) is 1. The zero-order valence-corrected chi connectivity index (χ0v) is 12.1. The van der Waals surface area contributed by atoms with E-state index in [-0.39, 0.29) is 11.7 Å². The van der Waals surface area contributed by atoms with Gasteiger partial charge in [-0.3, -0.25) is 4.79 Å². The highest BCUT2D eigenvalue weighted by Gasteiger charge is 2.36. The van der Waals surface area contributed by atoms with Crippen LogP contribution in [0.4, 0.5) is 4.39 Å². The number of benzene rings is 1. The van der Waals surface area contributed by atoms with Gasteiger partial charge >= 0.3 is 0 Å². The Kier molecular flexibility index (Phi) is 6.17. The Balaban J connectivity index is 2.71. The fourth-order valence-corrected chi connectivity index (χ4v) is 2.32. The maximum Gasteiger partial charge on any atom is 0.240 e. The number of carbonyl (C=O) groups is 1. The molecular formula is C16H21FN2O. The first-order valence-electron chi connectivity index (χ1n) is 7.02. The predicted molar refractivity (Wildman–Crippen MR) is 76.1 cm³/mol. The van der Waals surface area contributed by atoms with Crippen molar-refractivity contribution < 1.29 is 9.18 Å². The fourth-order valence-electron chi connectivity index (χ4n) is 2.32. The maximum absolute atomic E-state index is 12.8. The Hall–Kier alpha value is -1.89. The van der Waals surface area contributed by atoms with E-state index in [0.29, 0.717) is 19.4 Å². The average molecular weight is 276 g/mol. The molecule has 0 fully saturated rings. The molecule has 4 heteroatoms. The second kappa shape index (κ2) is 7.64. The summed E-state index contributed by atoms with van der Waals surface area (Å²) >= 11 is 0. The number of amides is 1. The quantitative estimate of drug-likeness (QED) is 0.828. The lowest BCUT2D eigenvalue weighted by molar-refractivity contribution is -0.129. The third-order valence-electron chi connectivity index (χ3n) is 3.37. The molecule has 3 nitrogen and oxygen atoms in total. The van der Waals surface area contributed by atoms with Gasteiger partial charge in [-0.05, 0) is 30.5 Å². The van der Waals surface area contributed by atoms with E-state index in [1.165, 1.54) is 12.1 Å². The van der Waals surface area contributed by atoms with Crippen LogP contribution in [0.15, 0.2) is 24.3 Å².